The van der Waals surface area contributed by atoms with Crippen LogP contribution >= 0.6 is 0 Å². The van der Waals surface area contributed by atoms with E-state index in [2.05, 4.69) is 53.3 Å². The summed E-state index contributed by atoms with van der Waals surface area (Å²) in [6, 6.07) is 12.5. The Bertz CT molecular complexity index is 1010. The standard InChI is InChI=1S/C22H27N5O/c1-15-12-21-23-19(13-16(2)27(21)24-15)22(28)26-11-5-6-20(26)18-9-7-17(8-10-18)14-25(3)4/h7-10,12-13,20H,5-6,11,14H2,1-4H3. The van der Waals surface area contributed by atoms with Gasteiger partial charge in [-0.1, -0.05) is 24.3 Å². The van der Waals surface area contributed by atoms with Crippen molar-refractivity contribution in [2.75, 3.05) is 20.6 Å². The second-order valence-electron chi connectivity index (χ2n) is 7.97. The first kappa shape index (κ1) is 18.6. The lowest BCUT2D eigenvalue weighted by Crippen LogP contribution is -2.31. The molecule has 0 N–H and O–H groups in total. The maximum atomic E-state index is 13.3. The van der Waals surface area contributed by atoms with Crippen molar-refractivity contribution < 1.29 is 4.79 Å². The summed E-state index contributed by atoms with van der Waals surface area (Å²) in [5, 5.41) is 4.43. The van der Waals surface area contributed by atoms with Crippen LogP contribution in [0.5, 0.6) is 0 Å². The molecule has 1 aromatic carbocycles. The van der Waals surface area contributed by atoms with Crippen molar-refractivity contribution in [1.82, 2.24) is 24.4 Å². The quantitative estimate of drug-likeness (QED) is 0.699. The van der Waals surface area contributed by atoms with Gasteiger partial charge < -0.3 is 9.80 Å². The maximum Gasteiger partial charge on any atom is 0.273 e. The molecule has 28 heavy (non-hydrogen) atoms. The fourth-order valence-electron chi connectivity index (χ4n) is 4.06. The van der Waals surface area contributed by atoms with E-state index in [0.29, 0.717) is 5.69 Å². The normalized spacial score (nSPS) is 17.0. The Labute approximate surface area is 165 Å². The van der Waals surface area contributed by atoms with Crippen molar-refractivity contribution in [3.63, 3.8) is 0 Å². The molecule has 0 spiro atoms. The molecule has 1 amide bonds. The predicted octanol–water partition coefficient (Wildman–Crippen LogP) is 3.39. The number of carbonyl (C=O) groups excluding carboxylic acids is 1. The summed E-state index contributed by atoms with van der Waals surface area (Å²) in [5.41, 5.74) is 5.53. The van der Waals surface area contributed by atoms with Crippen LogP contribution in [0.3, 0.4) is 0 Å². The fraction of sp³-hybridized carbons (Fsp3) is 0.409. The number of benzene rings is 1. The molecular formula is C22H27N5O. The summed E-state index contributed by atoms with van der Waals surface area (Å²) >= 11 is 0. The molecule has 1 fully saturated rings. The molecule has 3 heterocycles. The molecule has 6 heteroatoms. The Morgan fingerprint density at radius 2 is 1.93 bits per heavy atom. The fourth-order valence-corrected chi connectivity index (χ4v) is 4.06. The number of aromatic nitrogens is 3. The highest BCUT2D eigenvalue weighted by Gasteiger charge is 2.31. The molecule has 4 rings (SSSR count). The smallest absolute Gasteiger partial charge is 0.273 e. The summed E-state index contributed by atoms with van der Waals surface area (Å²) in [6.45, 7) is 5.59. The van der Waals surface area contributed by atoms with Gasteiger partial charge >= 0.3 is 0 Å². The molecule has 1 unspecified atom stereocenters. The zero-order valence-electron chi connectivity index (χ0n) is 17.0. The molecule has 0 aliphatic carbocycles. The molecule has 1 atom stereocenters. The van der Waals surface area contributed by atoms with Crippen LogP contribution in [0.15, 0.2) is 36.4 Å². The van der Waals surface area contributed by atoms with Gasteiger partial charge in [-0.25, -0.2) is 9.50 Å². The van der Waals surface area contributed by atoms with Crippen LogP contribution in [0, 0.1) is 13.8 Å². The number of likely N-dealkylation sites (tertiary alicyclic amines) is 1. The highest BCUT2D eigenvalue weighted by Crippen LogP contribution is 2.33. The predicted molar refractivity (Wildman–Crippen MR) is 109 cm³/mol. The lowest BCUT2D eigenvalue weighted by Gasteiger charge is -2.25. The zero-order chi connectivity index (χ0) is 19.8. The van der Waals surface area contributed by atoms with E-state index < -0.39 is 0 Å². The number of carbonyl (C=O) groups is 1. The Morgan fingerprint density at radius 3 is 2.64 bits per heavy atom. The van der Waals surface area contributed by atoms with Gasteiger partial charge in [0.25, 0.3) is 5.91 Å². The van der Waals surface area contributed by atoms with Crippen LogP contribution in [-0.4, -0.2) is 50.9 Å². The van der Waals surface area contributed by atoms with Crippen LogP contribution in [0.2, 0.25) is 0 Å². The summed E-state index contributed by atoms with van der Waals surface area (Å²) in [7, 11) is 4.14. The van der Waals surface area contributed by atoms with Crippen LogP contribution < -0.4 is 0 Å². The number of hydrogen-bond acceptors (Lipinski definition) is 4. The van der Waals surface area contributed by atoms with Crippen LogP contribution in [0.25, 0.3) is 5.65 Å². The molecule has 0 bridgehead atoms. The molecule has 0 radical (unpaired) electrons. The van der Waals surface area contributed by atoms with E-state index in [-0.39, 0.29) is 11.9 Å². The molecule has 2 aromatic heterocycles. The van der Waals surface area contributed by atoms with E-state index >= 15 is 0 Å². The van der Waals surface area contributed by atoms with E-state index in [1.807, 2.05) is 30.9 Å². The van der Waals surface area contributed by atoms with Crippen LogP contribution in [-0.2, 0) is 6.54 Å². The Kier molecular flexibility index (Phi) is 4.89. The average Bonchev–Trinajstić information content (AvgIpc) is 3.27. The molecular weight excluding hydrogens is 350 g/mol. The Hall–Kier alpha value is -2.73. The van der Waals surface area contributed by atoms with E-state index in [9.17, 15) is 4.79 Å². The Morgan fingerprint density at radius 1 is 1.18 bits per heavy atom. The first-order valence-corrected chi connectivity index (χ1v) is 9.81. The third-order valence-electron chi connectivity index (χ3n) is 5.32. The minimum atomic E-state index is 0.00400. The maximum absolute atomic E-state index is 13.3. The highest BCUT2D eigenvalue weighted by molar-refractivity contribution is 5.93. The number of nitrogens with zero attached hydrogens (tertiary/aromatic N) is 5. The SMILES string of the molecule is Cc1cc2nc(C(=O)N3CCCC3c3ccc(CN(C)C)cc3)cc(C)n2n1. The first-order chi connectivity index (χ1) is 13.4. The van der Waals surface area contributed by atoms with Crippen LogP contribution in [0.1, 0.15) is 51.9 Å². The zero-order valence-corrected chi connectivity index (χ0v) is 17.0. The molecule has 1 aliphatic heterocycles. The van der Waals surface area contributed by atoms with Gasteiger partial charge in [0.15, 0.2) is 5.65 Å². The van der Waals surface area contributed by atoms with E-state index in [1.165, 1.54) is 11.1 Å². The number of hydrogen-bond donors (Lipinski definition) is 0. The summed E-state index contributed by atoms with van der Waals surface area (Å²) in [5.74, 6) is 0.00400. The van der Waals surface area contributed by atoms with Gasteiger partial charge in [-0.3, -0.25) is 4.79 Å². The number of fused-ring (bicyclic) bond motifs is 1. The van der Waals surface area contributed by atoms with Crippen molar-refractivity contribution >= 4 is 11.6 Å². The lowest BCUT2D eigenvalue weighted by atomic mass is 10.0. The number of aryl methyl sites for hydroxylation is 2. The van der Waals surface area contributed by atoms with Gasteiger partial charge in [0.2, 0.25) is 0 Å². The van der Waals surface area contributed by atoms with Gasteiger partial charge in [0, 0.05) is 24.8 Å². The monoisotopic (exact) mass is 377 g/mol. The first-order valence-electron chi connectivity index (χ1n) is 9.81. The molecule has 1 saturated heterocycles. The summed E-state index contributed by atoms with van der Waals surface area (Å²) in [4.78, 5) is 22.0. The van der Waals surface area contributed by atoms with Gasteiger partial charge in [0.1, 0.15) is 5.69 Å². The third-order valence-corrected chi connectivity index (χ3v) is 5.32. The van der Waals surface area contributed by atoms with Crippen LogP contribution in [0.4, 0.5) is 0 Å². The van der Waals surface area contributed by atoms with Crippen molar-refractivity contribution in [2.45, 2.75) is 39.3 Å². The molecule has 0 saturated carbocycles. The van der Waals surface area contributed by atoms with Gasteiger partial charge in [0.05, 0.1) is 11.7 Å². The topological polar surface area (TPSA) is 53.7 Å². The Balaban J connectivity index is 1.60. The summed E-state index contributed by atoms with van der Waals surface area (Å²) in [6.07, 6.45) is 2.01. The average molecular weight is 377 g/mol. The van der Waals surface area contributed by atoms with Crippen molar-refractivity contribution in [3.05, 3.63) is 64.6 Å². The molecule has 146 valence electrons. The molecule has 6 nitrogen and oxygen atoms in total. The van der Waals surface area contributed by atoms with Gasteiger partial charge in [-0.2, -0.15) is 5.10 Å². The third kappa shape index (κ3) is 3.52. The highest BCUT2D eigenvalue weighted by atomic mass is 16.2. The van der Waals surface area contributed by atoms with Crippen molar-refractivity contribution in [1.29, 1.82) is 0 Å². The van der Waals surface area contributed by atoms with Gasteiger partial charge in [-0.05, 0) is 58.0 Å². The molecule has 1 aliphatic rings. The second kappa shape index (κ2) is 7.36. The van der Waals surface area contributed by atoms with E-state index in [4.69, 9.17) is 0 Å². The second-order valence-corrected chi connectivity index (χ2v) is 7.97. The largest absolute Gasteiger partial charge is 0.330 e. The van der Waals surface area contributed by atoms with Gasteiger partial charge in [-0.15, -0.1) is 0 Å². The number of amides is 1. The number of rotatable bonds is 4. The van der Waals surface area contributed by atoms with Crippen molar-refractivity contribution in [3.8, 4) is 0 Å². The van der Waals surface area contributed by atoms with E-state index in [1.54, 1.807) is 4.52 Å². The van der Waals surface area contributed by atoms with E-state index in [0.717, 1.165) is 43.0 Å². The van der Waals surface area contributed by atoms with Crippen molar-refractivity contribution in [2.24, 2.45) is 0 Å². The minimum Gasteiger partial charge on any atom is -0.330 e. The minimum absolute atomic E-state index is 0.00400. The molecule has 3 aromatic rings. The summed E-state index contributed by atoms with van der Waals surface area (Å²) < 4.78 is 1.79. The lowest BCUT2D eigenvalue weighted by molar-refractivity contribution is 0.0729.